The first kappa shape index (κ1) is 10.7. The summed E-state index contributed by atoms with van der Waals surface area (Å²) < 4.78 is 0. The van der Waals surface area contributed by atoms with E-state index in [1.54, 1.807) is 11.1 Å². The summed E-state index contributed by atoms with van der Waals surface area (Å²) in [6.45, 7) is 10.3. The zero-order chi connectivity index (χ0) is 10.8. The Morgan fingerprint density at radius 1 is 1.27 bits per heavy atom. The van der Waals surface area contributed by atoms with Crippen molar-refractivity contribution in [2.24, 2.45) is 0 Å². The second kappa shape index (κ2) is 4.36. The minimum absolute atomic E-state index is 1.15. The molecule has 1 aliphatic heterocycles. The van der Waals surface area contributed by atoms with Crippen molar-refractivity contribution in [3.63, 3.8) is 0 Å². The first-order valence-electron chi connectivity index (χ1n) is 6.08. The Hall–Kier alpha value is -0.820. The molecule has 0 saturated heterocycles. The van der Waals surface area contributed by atoms with Crippen LogP contribution in [0.4, 0.5) is 0 Å². The van der Waals surface area contributed by atoms with Crippen LogP contribution >= 0.6 is 0 Å². The average molecular weight is 203 g/mol. The van der Waals surface area contributed by atoms with E-state index >= 15 is 0 Å². The lowest BCUT2D eigenvalue weighted by Gasteiger charge is -2.29. The highest BCUT2D eigenvalue weighted by atomic mass is 15.1. The van der Waals surface area contributed by atoms with Gasteiger partial charge in [-0.1, -0.05) is 26.0 Å². The van der Waals surface area contributed by atoms with E-state index in [1.165, 1.54) is 30.6 Å². The quantitative estimate of drug-likeness (QED) is 0.714. The third-order valence-corrected chi connectivity index (χ3v) is 3.55. The maximum absolute atomic E-state index is 2.53. The first-order chi connectivity index (χ1) is 7.24. The topological polar surface area (TPSA) is 3.24 Å². The van der Waals surface area contributed by atoms with Crippen molar-refractivity contribution < 1.29 is 0 Å². The summed E-state index contributed by atoms with van der Waals surface area (Å²) in [7, 11) is 0. The van der Waals surface area contributed by atoms with E-state index < -0.39 is 0 Å². The van der Waals surface area contributed by atoms with Gasteiger partial charge in [0.15, 0.2) is 0 Å². The van der Waals surface area contributed by atoms with Crippen LogP contribution in [0.3, 0.4) is 0 Å². The number of nitrogens with zero attached hydrogens (tertiary/aromatic N) is 1. The SMILES string of the molecule is CCc1cc(C)c2c(c1)CN(CC)CC2. The number of benzene rings is 1. The molecule has 0 radical (unpaired) electrons. The summed E-state index contributed by atoms with van der Waals surface area (Å²) in [6, 6.07) is 4.77. The fourth-order valence-electron chi connectivity index (χ4n) is 2.53. The van der Waals surface area contributed by atoms with Crippen LogP contribution in [0.2, 0.25) is 0 Å². The molecular formula is C14H21N. The van der Waals surface area contributed by atoms with Gasteiger partial charge < -0.3 is 0 Å². The van der Waals surface area contributed by atoms with Gasteiger partial charge >= 0.3 is 0 Å². The van der Waals surface area contributed by atoms with Crippen molar-refractivity contribution in [2.45, 2.75) is 40.2 Å². The highest BCUT2D eigenvalue weighted by molar-refractivity contribution is 5.40. The highest BCUT2D eigenvalue weighted by Gasteiger charge is 2.16. The number of aryl methyl sites for hydroxylation is 2. The summed E-state index contributed by atoms with van der Waals surface area (Å²) in [5.74, 6) is 0. The number of fused-ring (bicyclic) bond motifs is 1. The van der Waals surface area contributed by atoms with Gasteiger partial charge in [0, 0.05) is 13.1 Å². The summed E-state index contributed by atoms with van der Waals surface area (Å²) in [5.41, 5.74) is 6.17. The second-order valence-corrected chi connectivity index (χ2v) is 4.52. The number of hydrogen-bond donors (Lipinski definition) is 0. The van der Waals surface area contributed by atoms with Crippen molar-refractivity contribution in [3.8, 4) is 0 Å². The van der Waals surface area contributed by atoms with Crippen molar-refractivity contribution in [2.75, 3.05) is 13.1 Å². The third-order valence-electron chi connectivity index (χ3n) is 3.55. The lowest BCUT2D eigenvalue weighted by atomic mass is 9.92. The molecule has 1 heteroatoms. The van der Waals surface area contributed by atoms with Gasteiger partial charge in [0.05, 0.1) is 0 Å². The van der Waals surface area contributed by atoms with Crippen molar-refractivity contribution in [3.05, 3.63) is 34.4 Å². The number of likely N-dealkylation sites (N-methyl/N-ethyl adjacent to an activating group) is 1. The molecule has 82 valence electrons. The van der Waals surface area contributed by atoms with E-state index in [9.17, 15) is 0 Å². The molecule has 1 nitrogen and oxygen atoms in total. The smallest absolute Gasteiger partial charge is 0.0236 e. The summed E-state index contributed by atoms with van der Waals surface area (Å²) >= 11 is 0. The Morgan fingerprint density at radius 2 is 2.07 bits per heavy atom. The van der Waals surface area contributed by atoms with Gasteiger partial charge in [-0.25, -0.2) is 0 Å². The molecule has 0 bridgehead atoms. The number of hydrogen-bond acceptors (Lipinski definition) is 1. The Morgan fingerprint density at radius 3 is 2.73 bits per heavy atom. The Labute approximate surface area is 93.1 Å². The molecule has 1 aromatic rings. The maximum atomic E-state index is 2.53. The molecule has 0 N–H and O–H groups in total. The maximum Gasteiger partial charge on any atom is 0.0236 e. The van der Waals surface area contributed by atoms with Crippen molar-refractivity contribution in [1.29, 1.82) is 0 Å². The van der Waals surface area contributed by atoms with Crippen LogP contribution in [-0.4, -0.2) is 18.0 Å². The van der Waals surface area contributed by atoms with Crippen LogP contribution in [0, 0.1) is 6.92 Å². The predicted octanol–water partition coefficient (Wildman–Crippen LogP) is 2.94. The van der Waals surface area contributed by atoms with Gasteiger partial charge in [-0.15, -0.1) is 0 Å². The normalized spacial score (nSPS) is 16.5. The summed E-state index contributed by atoms with van der Waals surface area (Å²) in [6.07, 6.45) is 2.39. The fourth-order valence-corrected chi connectivity index (χ4v) is 2.53. The van der Waals surface area contributed by atoms with E-state index in [0.717, 1.165) is 13.0 Å². The molecule has 15 heavy (non-hydrogen) atoms. The van der Waals surface area contributed by atoms with Crippen LogP contribution < -0.4 is 0 Å². The Balaban J connectivity index is 2.35. The molecule has 1 heterocycles. The van der Waals surface area contributed by atoms with Gasteiger partial charge in [0.25, 0.3) is 0 Å². The molecule has 0 saturated carbocycles. The minimum Gasteiger partial charge on any atom is -0.299 e. The largest absolute Gasteiger partial charge is 0.299 e. The van der Waals surface area contributed by atoms with Crippen molar-refractivity contribution >= 4 is 0 Å². The summed E-state index contributed by atoms with van der Waals surface area (Å²) in [4.78, 5) is 2.53. The van der Waals surface area contributed by atoms with E-state index in [-0.39, 0.29) is 0 Å². The fraction of sp³-hybridized carbons (Fsp3) is 0.571. The van der Waals surface area contributed by atoms with Gasteiger partial charge in [-0.3, -0.25) is 4.90 Å². The van der Waals surface area contributed by atoms with Crippen LogP contribution in [0.25, 0.3) is 0 Å². The van der Waals surface area contributed by atoms with Crippen LogP contribution in [0.1, 0.15) is 36.1 Å². The molecule has 1 aromatic carbocycles. The molecular weight excluding hydrogens is 182 g/mol. The molecule has 0 atom stereocenters. The standard InChI is InChI=1S/C14H21N/c1-4-12-8-11(3)14-6-7-15(5-2)10-13(14)9-12/h8-9H,4-7,10H2,1-3H3. The van der Waals surface area contributed by atoms with Gasteiger partial charge in [0.1, 0.15) is 0 Å². The van der Waals surface area contributed by atoms with Crippen LogP contribution in [0.15, 0.2) is 12.1 Å². The minimum atomic E-state index is 1.15. The summed E-state index contributed by atoms with van der Waals surface area (Å²) in [5, 5.41) is 0. The van der Waals surface area contributed by atoms with Crippen LogP contribution in [-0.2, 0) is 19.4 Å². The first-order valence-corrected chi connectivity index (χ1v) is 6.08. The molecule has 0 amide bonds. The molecule has 0 aliphatic carbocycles. The lowest BCUT2D eigenvalue weighted by Crippen LogP contribution is -2.30. The zero-order valence-corrected chi connectivity index (χ0v) is 10.1. The predicted molar refractivity (Wildman–Crippen MR) is 65.2 cm³/mol. The Kier molecular flexibility index (Phi) is 3.11. The van der Waals surface area contributed by atoms with Crippen LogP contribution in [0.5, 0.6) is 0 Å². The van der Waals surface area contributed by atoms with E-state index in [1.807, 2.05) is 0 Å². The van der Waals surface area contributed by atoms with E-state index in [0.29, 0.717) is 0 Å². The Bertz CT molecular complexity index is 355. The third kappa shape index (κ3) is 2.07. The average Bonchev–Trinajstić information content (AvgIpc) is 2.28. The second-order valence-electron chi connectivity index (χ2n) is 4.52. The highest BCUT2D eigenvalue weighted by Crippen LogP contribution is 2.24. The monoisotopic (exact) mass is 203 g/mol. The molecule has 0 fully saturated rings. The van der Waals surface area contributed by atoms with E-state index in [4.69, 9.17) is 0 Å². The van der Waals surface area contributed by atoms with Gasteiger partial charge in [0.2, 0.25) is 0 Å². The molecule has 2 rings (SSSR count). The number of rotatable bonds is 2. The zero-order valence-electron chi connectivity index (χ0n) is 10.1. The molecule has 0 unspecified atom stereocenters. The lowest BCUT2D eigenvalue weighted by molar-refractivity contribution is 0.267. The molecule has 1 aliphatic rings. The van der Waals surface area contributed by atoms with Gasteiger partial charge in [-0.05, 0) is 48.6 Å². The van der Waals surface area contributed by atoms with Crippen molar-refractivity contribution in [1.82, 2.24) is 4.90 Å². The molecule has 0 spiro atoms. The van der Waals surface area contributed by atoms with E-state index in [2.05, 4.69) is 37.8 Å². The molecule has 0 aromatic heterocycles. The van der Waals surface area contributed by atoms with Gasteiger partial charge in [-0.2, -0.15) is 0 Å².